The van der Waals surface area contributed by atoms with E-state index in [1.165, 1.54) is 11.1 Å². The number of alkyl halides is 3. The average Bonchev–Trinajstić information content (AvgIpc) is 3.00. The molecule has 11 heteroatoms. The number of aliphatic hydroxyl groups excluding tert-OH is 1. The molecule has 3 atom stereocenters. The van der Waals surface area contributed by atoms with Crippen molar-refractivity contribution < 1.29 is 37.4 Å². The van der Waals surface area contributed by atoms with E-state index in [-0.39, 0.29) is 18.7 Å². The molecule has 3 amide bonds. The second-order valence-electron chi connectivity index (χ2n) is 10.8. The number of hydrogen-bond donors (Lipinski definition) is 2. The first-order chi connectivity index (χ1) is 21.0. The molecule has 0 spiro atoms. The summed E-state index contributed by atoms with van der Waals surface area (Å²) in [6.07, 6.45) is -7.47. The molecule has 0 bridgehead atoms. The summed E-state index contributed by atoms with van der Waals surface area (Å²) < 4.78 is 46.2. The van der Waals surface area contributed by atoms with Crippen molar-refractivity contribution in [2.24, 2.45) is 5.92 Å². The molecule has 8 nitrogen and oxygen atoms in total. The SMILES string of the molecule is CC(C)C1C(=O)N(CC(=O)NC(Cc2ccccc2)C(O)C(F)(F)F)C(c2ccccc2)=CN1C(=O)OCc1ccccc1. The molecule has 0 aliphatic carbocycles. The monoisotopic (exact) mass is 609 g/mol. The number of aliphatic hydroxyl groups is 1. The van der Waals surface area contributed by atoms with Crippen LogP contribution in [0.15, 0.2) is 97.2 Å². The van der Waals surface area contributed by atoms with E-state index < -0.39 is 54.7 Å². The van der Waals surface area contributed by atoms with Gasteiger partial charge in [0, 0.05) is 6.20 Å². The number of amides is 3. The van der Waals surface area contributed by atoms with E-state index in [0.717, 1.165) is 10.5 Å². The number of ether oxygens (including phenoxy) is 1. The predicted octanol–water partition coefficient (Wildman–Crippen LogP) is 5.14. The van der Waals surface area contributed by atoms with Crippen molar-refractivity contribution in [3.05, 3.63) is 114 Å². The van der Waals surface area contributed by atoms with Crippen molar-refractivity contribution in [1.82, 2.24) is 15.1 Å². The number of rotatable bonds is 10. The van der Waals surface area contributed by atoms with Crippen LogP contribution in [0.5, 0.6) is 0 Å². The molecule has 0 radical (unpaired) electrons. The van der Waals surface area contributed by atoms with Crippen LogP contribution in [0.2, 0.25) is 0 Å². The summed E-state index contributed by atoms with van der Waals surface area (Å²) in [6, 6.07) is 22.9. The van der Waals surface area contributed by atoms with Gasteiger partial charge >= 0.3 is 12.3 Å². The van der Waals surface area contributed by atoms with E-state index in [0.29, 0.717) is 11.1 Å². The summed E-state index contributed by atoms with van der Waals surface area (Å²) in [5.74, 6) is -1.93. The molecule has 4 rings (SSSR count). The van der Waals surface area contributed by atoms with Gasteiger partial charge in [-0.2, -0.15) is 13.2 Å². The number of nitrogens with zero attached hydrogens (tertiary/aromatic N) is 2. The van der Waals surface area contributed by atoms with Crippen LogP contribution in [0, 0.1) is 5.92 Å². The van der Waals surface area contributed by atoms with Gasteiger partial charge < -0.3 is 15.2 Å². The zero-order valence-electron chi connectivity index (χ0n) is 24.3. The second-order valence-corrected chi connectivity index (χ2v) is 10.8. The first-order valence-corrected chi connectivity index (χ1v) is 14.1. The first-order valence-electron chi connectivity index (χ1n) is 14.1. The van der Waals surface area contributed by atoms with Crippen molar-refractivity contribution in [3.63, 3.8) is 0 Å². The number of hydrogen-bond acceptors (Lipinski definition) is 5. The minimum absolute atomic E-state index is 0.0276. The van der Waals surface area contributed by atoms with Gasteiger partial charge in [-0.05, 0) is 29.0 Å². The highest BCUT2D eigenvalue weighted by atomic mass is 19.4. The summed E-state index contributed by atoms with van der Waals surface area (Å²) in [5.41, 5.74) is 1.91. The quantitative estimate of drug-likeness (QED) is 0.332. The maximum atomic E-state index is 14.0. The zero-order valence-corrected chi connectivity index (χ0v) is 24.3. The maximum Gasteiger partial charge on any atom is 0.416 e. The Bertz CT molecular complexity index is 1450. The highest BCUT2D eigenvalue weighted by Gasteiger charge is 2.45. The second kappa shape index (κ2) is 14.2. The van der Waals surface area contributed by atoms with Crippen molar-refractivity contribution in [2.45, 2.75) is 51.2 Å². The molecular weight excluding hydrogens is 575 g/mol. The Morgan fingerprint density at radius 1 is 0.909 bits per heavy atom. The first kappa shape index (κ1) is 32.3. The standard InChI is InChI=1S/C33H34F3N3O5/c1-22(2)29-31(42)38(20-28(40)37-26(30(41)33(34,35)36)18-23-12-6-3-7-13-23)27(25-16-10-5-11-17-25)19-39(29)32(43)44-21-24-14-8-4-9-15-24/h3-17,19,22,26,29-30,41H,18,20-21H2,1-2H3,(H,37,40). The van der Waals surface area contributed by atoms with E-state index >= 15 is 0 Å². The van der Waals surface area contributed by atoms with Gasteiger partial charge in [0.2, 0.25) is 5.91 Å². The third-order valence-electron chi connectivity index (χ3n) is 7.15. The fourth-order valence-electron chi connectivity index (χ4n) is 4.98. The molecule has 0 fully saturated rings. The van der Waals surface area contributed by atoms with E-state index in [9.17, 15) is 32.7 Å². The largest absolute Gasteiger partial charge is 0.444 e. The van der Waals surface area contributed by atoms with Gasteiger partial charge in [-0.1, -0.05) is 105 Å². The molecule has 3 unspecified atom stereocenters. The van der Waals surface area contributed by atoms with Crippen LogP contribution in [0.1, 0.15) is 30.5 Å². The molecule has 2 N–H and O–H groups in total. The molecule has 1 aliphatic heterocycles. The highest BCUT2D eigenvalue weighted by molar-refractivity contribution is 5.99. The Morgan fingerprint density at radius 3 is 2.00 bits per heavy atom. The van der Waals surface area contributed by atoms with Gasteiger partial charge in [-0.3, -0.25) is 19.4 Å². The van der Waals surface area contributed by atoms with Crippen LogP contribution in [-0.4, -0.2) is 63.7 Å². The number of nitrogens with one attached hydrogen (secondary N) is 1. The molecule has 3 aromatic carbocycles. The van der Waals surface area contributed by atoms with Crippen LogP contribution in [0.3, 0.4) is 0 Å². The molecule has 0 saturated heterocycles. The maximum absolute atomic E-state index is 14.0. The van der Waals surface area contributed by atoms with Crippen LogP contribution >= 0.6 is 0 Å². The summed E-state index contributed by atoms with van der Waals surface area (Å²) in [5, 5.41) is 12.4. The van der Waals surface area contributed by atoms with Crippen molar-refractivity contribution in [1.29, 1.82) is 0 Å². The van der Waals surface area contributed by atoms with E-state index in [4.69, 9.17) is 4.74 Å². The minimum Gasteiger partial charge on any atom is -0.444 e. The molecule has 1 heterocycles. The summed E-state index contributed by atoms with van der Waals surface area (Å²) in [6.45, 7) is 2.79. The Kier molecular flexibility index (Phi) is 10.4. The normalized spacial score (nSPS) is 16.8. The summed E-state index contributed by atoms with van der Waals surface area (Å²) in [4.78, 5) is 42.9. The lowest BCUT2D eigenvalue weighted by molar-refractivity contribution is -0.212. The molecule has 0 aromatic heterocycles. The van der Waals surface area contributed by atoms with Crippen LogP contribution in [0.25, 0.3) is 5.70 Å². The molecule has 0 saturated carbocycles. The Hall–Kier alpha value is -4.64. The third kappa shape index (κ3) is 8.04. The van der Waals surface area contributed by atoms with Gasteiger partial charge in [-0.15, -0.1) is 0 Å². The fraction of sp³-hybridized carbons (Fsp3) is 0.303. The van der Waals surface area contributed by atoms with Crippen molar-refractivity contribution in [2.75, 3.05) is 6.54 Å². The molecule has 3 aromatic rings. The molecule has 44 heavy (non-hydrogen) atoms. The topological polar surface area (TPSA) is 99.2 Å². The zero-order chi connectivity index (χ0) is 31.9. The number of halogens is 3. The summed E-state index contributed by atoms with van der Waals surface area (Å²) >= 11 is 0. The van der Waals surface area contributed by atoms with Gasteiger partial charge in [0.1, 0.15) is 19.2 Å². The van der Waals surface area contributed by atoms with Crippen LogP contribution < -0.4 is 5.32 Å². The van der Waals surface area contributed by atoms with Gasteiger partial charge in [0.15, 0.2) is 6.10 Å². The van der Waals surface area contributed by atoms with E-state index in [1.807, 2.05) is 6.07 Å². The lowest BCUT2D eigenvalue weighted by atomic mass is 9.97. The van der Waals surface area contributed by atoms with Crippen LogP contribution in [0.4, 0.5) is 18.0 Å². The molecule has 1 aliphatic rings. The van der Waals surface area contributed by atoms with Gasteiger partial charge in [-0.25, -0.2) is 4.79 Å². The smallest absolute Gasteiger partial charge is 0.416 e. The van der Waals surface area contributed by atoms with Crippen LogP contribution in [-0.2, 0) is 27.4 Å². The summed E-state index contributed by atoms with van der Waals surface area (Å²) in [7, 11) is 0. The average molecular weight is 610 g/mol. The predicted molar refractivity (Wildman–Crippen MR) is 157 cm³/mol. The minimum atomic E-state index is -4.99. The van der Waals surface area contributed by atoms with Gasteiger partial charge in [0.25, 0.3) is 5.91 Å². The van der Waals surface area contributed by atoms with E-state index in [1.54, 1.807) is 98.8 Å². The van der Waals surface area contributed by atoms with Crippen molar-refractivity contribution >= 4 is 23.6 Å². The van der Waals surface area contributed by atoms with Gasteiger partial charge in [0.05, 0.1) is 11.7 Å². The van der Waals surface area contributed by atoms with Crippen molar-refractivity contribution in [3.8, 4) is 0 Å². The number of carbonyl (C=O) groups is 3. The van der Waals surface area contributed by atoms with E-state index in [2.05, 4.69) is 5.32 Å². The third-order valence-corrected chi connectivity index (χ3v) is 7.15. The lowest BCUT2D eigenvalue weighted by Gasteiger charge is -2.40. The Labute approximate surface area is 253 Å². The highest BCUT2D eigenvalue weighted by Crippen LogP contribution is 2.31. The number of benzene rings is 3. The fourth-order valence-corrected chi connectivity index (χ4v) is 4.98. The Morgan fingerprint density at radius 2 is 1.45 bits per heavy atom. The number of carbonyl (C=O) groups excluding carboxylic acids is 3. The Balaban J connectivity index is 1.62. The molecular formula is C33H34F3N3O5. The lowest BCUT2D eigenvalue weighted by Crippen LogP contribution is -2.58. The molecule has 232 valence electrons.